The van der Waals surface area contributed by atoms with Gasteiger partial charge in [-0.3, -0.25) is 0 Å². The third-order valence-electron chi connectivity index (χ3n) is 4.59. The highest BCUT2D eigenvalue weighted by Gasteiger charge is 2.48. The van der Waals surface area contributed by atoms with E-state index in [1.165, 1.54) is 0 Å². The minimum Gasteiger partial charge on any atom is -0.361 e. The number of aromatic amines is 1. The van der Waals surface area contributed by atoms with Crippen LogP contribution in [-0.2, 0) is 16.3 Å². The number of hydrogen-bond acceptors (Lipinski definition) is 3. The molecule has 1 aromatic heterocycles. The number of nitrogens with zero attached hydrogens (tertiary/aromatic N) is 1. The molecule has 0 saturated carbocycles. The number of aromatic nitrogens is 1. The lowest BCUT2D eigenvalue weighted by Gasteiger charge is -2.20. The lowest BCUT2D eigenvalue weighted by Crippen LogP contribution is -2.38. The molecule has 4 rings (SSSR count). The van der Waals surface area contributed by atoms with E-state index in [-0.39, 0.29) is 29.6 Å². The molecule has 2 aliphatic heterocycles. The quantitative estimate of drug-likeness (QED) is 0.825. The average molecular weight is 319 g/mol. The van der Waals surface area contributed by atoms with Crippen molar-refractivity contribution in [3.8, 4) is 0 Å². The van der Waals surface area contributed by atoms with Crippen molar-refractivity contribution in [1.29, 1.82) is 0 Å². The van der Waals surface area contributed by atoms with E-state index >= 15 is 0 Å². The number of amides is 2. The SMILES string of the molecule is O=C1N[C@@H]2CS(=O)(=O)C[C@H]2N1CCc1c[nH]c2ccccc12. The average Bonchev–Trinajstić information content (AvgIpc) is 3.08. The monoisotopic (exact) mass is 319 g/mol. The molecule has 2 amide bonds. The Balaban J connectivity index is 1.53. The van der Waals surface area contributed by atoms with Gasteiger partial charge in [0.15, 0.2) is 9.84 Å². The fourth-order valence-corrected chi connectivity index (χ4v) is 5.43. The summed E-state index contributed by atoms with van der Waals surface area (Å²) in [5, 5.41) is 3.94. The van der Waals surface area contributed by atoms with Gasteiger partial charge in [0.2, 0.25) is 0 Å². The maximum atomic E-state index is 12.0. The Morgan fingerprint density at radius 1 is 1.23 bits per heavy atom. The van der Waals surface area contributed by atoms with Crippen molar-refractivity contribution in [2.24, 2.45) is 0 Å². The normalized spacial score (nSPS) is 26.4. The van der Waals surface area contributed by atoms with E-state index in [1.54, 1.807) is 4.90 Å². The Bertz CT molecular complexity index is 843. The molecule has 7 heteroatoms. The van der Waals surface area contributed by atoms with E-state index in [0.717, 1.165) is 16.5 Å². The van der Waals surface area contributed by atoms with Crippen LogP contribution in [0, 0.1) is 0 Å². The van der Waals surface area contributed by atoms with Crippen LogP contribution in [0.25, 0.3) is 10.9 Å². The number of urea groups is 1. The molecule has 0 spiro atoms. The maximum Gasteiger partial charge on any atom is 0.318 e. The molecular formula is C15H17N3O3S. The van der Waals surface area contributed by atoms with E-state index in [0.29, 0.717) is 13.0 Å². The number of carbonyl (C=O) groups is 1. The van der Waals surface area contributed by atoms with Crippen LogP contribution in [0.2, 0.25) is 0 Å². The maximum absolute atomic E-state index is 12.0. The van der Waals surface area contributed by atoms with Crippen LogP contribution in [0.1, 0.15) is 5.56 Å². The van der Waals surface area contributed by atoms with Crippen molar-refractivity contribution in [2.75, 3.05) is 18.1 Å². The van der Waals surface area contributed by atoms with Gasteiger partial charge in [0.1, 0.15) is 0 Å². The lowest BCUT2D eigenvalue weighted by atomic mass is 10.1. The van der Waals surface area contributed by atoms with E-state index in [4.69, 9.17) is 0 Å². The summed E-state index contributed by atoms with van der Waals surface area (Å²) in [6.45, 7) is 0.532. The largest absolute Gasteiger partial charge is 0.361 e. The Labute approximate surface area is 128 Å². The molecule has 2 aromatic rings. The summed E-state index contributed by atoms with van der Waals surface area (Å²) in [5.41, 5.74) is 2.22. The van der Waals surface area contributed by atoms with Gasteiger partial charge in [-0.2, -0.15) is 0 Å². The van der Waals surface area contributed by atoms with Gasteiger partial charge < -0.3 is 15.2 Å². The minimum absolute atomic E-state index is 0.0625. The summed E-state index contributed by atoms with van der Waals surface area (Å²) in [4.78, 5) is 16.9. The van der Waals surface area contributed by atoms with E-state index in [2.05, 4.69) is 10.3 Å². The highest BCUT2D eigenvalue weighted by Crippen LogP contribution is 2.25. The molecule has 2 atom stereocenters. The second kappa shape index (κ2) is 4.74. The standard InChI is InChI=1S/C15H17N3O3S/c19-15-17-13-8-22(20,21)9-14(13)18(15)6-5-10-7-16-12-4-2-1-3-11(10)12/h1-4,7,13-14,16H,5-6,8-9H2,(H,17,19)/t13-,14-/m1/s1. The van der Waals surface area contributed by atoms with Crippen LogP contribution in [0.3, 0.4) is 0 Å². The van der Waals surface area contributed by atoms with Crippen LogP contribution >= 0.6 is 0 Å². The van der Waals surface area contributed by atoms with Crippen LogP contribution in [0.15, 0.2) is 30.5 Å². The van der Waals surface area contributed by atoms with Gasteiger partial charge in [-0.15, -0.1) is 0 Å². The number of benzene rings is 1. The smallest absolute Gasteiger partial charge is 0.318 e. The molecule has 3 heterocycles. The first-order chi connectivity index (χ1) is 10.5. The topological polar surface area (TPSA) is 82.3 Å². The molecule has 2 N–H and O–H groups in total. The predicted molar refractivity (Wildman–Crippen MR) is 83.5 cm³/mol. The molecule has 2 saturated heterocycles. The highest BCUT2D eigenvalue weighted by atomic mass is 32.2. The fraction of sp³-hybridized carbons (Fsp3) is 0.400. The first kappa shape index (κ1) is 13.6. The molecule has 0 unspecified atom stereocenters. The second-order valence-corrected chi connectivity index (χ2v) is 8.16. The zero-order chi connectivity index (χ0) is 15.3. The molecule has 6 nitrogen and oxygen atoms in total. The van der Waals surface area contributed by atoms with E-state index in [1.807, 2.05) is 30.5 Å². The molecule has 0 radical (unpaired) electrons. The third-order valence-corrected chi connectivity index (χ3v) is 6.31. The molecule has 22 heavy (non-hydrogen) atoms. The first-order valence-corrected chi connectivity index (χ1v) is 9.18. The second-order valence-electron chi connectivity index (χ2n) is 6.00. The lowest BCUT2D eigenvalue weighted by molar-refractivity contribution is 0.207. The summed E-state index contributed by atoms with van der Waals surface area (Å²) in [5.74, 6) is 0.136. The molecule has 0 aliphatic carbocycles. The van der Waals surface area contributed by atoms with Crippen LogP contribution in [0.4, 0.5) is 4.79 Å². The molecular weight excluding hydrogens is 302 g/mol. The summed E-state index contributed by atoms with van der Waals surface area (Å²) in [6, 6.07) is 7.41. The number of nitrogens with one attached hydrogen (secondary N) is 2. The van der Waals surface area contributed by atoms with E-state index < -0.39 is 9.84 Å². The van der Waals surface area contributed by atoms with Gasteiger partial charge in [0, 0.05) is 23.6 Å². The van der Waals surface area contributed by atoms with Gasteiger partial charge in [-0.25, -0.2) is 13.2 Å². The number of H-pyrrole nitrogens is 1. The molecule has 116 valence electrons. The number of rotatable bonds is 3. The van der Waals surface area contributed by atoms with Crippen molar-refractivity contribution in [1.82, 2.24) is 15.2 Å². The summed E-state index contributed by atoms with van der Waals surface area (Å²) < 4.78 is 23.4. The predicted octanol–water partition coefficient (Wildman–Crippen LogP) is 0.901. The number of para-hydroxylation sites is 1. The zero-order valence-corrected chi connectivity index (χ0v) is 12.8. The van der Waals surface area contributed by atoms with Crippen molar-refractivity contribution in [3.05, 3.63) is 36.0 Å². The minimum atomic E-state index is -3.03. The number of fused-ring (bicyclic) bond motifs is 2. The molecule has 2 aliphatic rings. The first-order valence-electron chi connectivity index (χ1n) is 7.36. The van der Waals surface area contributed by atoms with Gasteiger partial charge in [-0.1, -0.05) is 18.2 Å². The van der Waals surface area contributed by atoms with Gasteiger partial charge >= 0.3 is 6.03 Å². The summed E-state index contributed by atoms with van der Waals surface area (Å²) >= 11 is 0. The molecule has 0 bridgehead atoms. The molecule has 1 aromatic carbocycles. The van der Waals surface area contributed by atoms with Gasteiger partial charge in [0.25, 0.3) is 0 Å². The Morgan fingerprint density at radius 3 is 2.91 bits per heavy atom. The highest BCUT2D eigenvalue weighted by molar-refractivity contribution is 7.91. The van der Waals surface area contributed by atoms with Crippen molar-refractivity contribution < 1.29 is 13.2 Å². The van der Waals surface area contributed by atoms with Gasteiger partial charge in [0.05, 0.1) is 23.6 Å². The number of carbonyl (C=O) groups excluding carboxylic acids is 1. The Hall–Kier alpha value is -2.02. The summed E-state index contributed by atoms with van der Waals surface area (Å²) in [6.07, 6.45) is 2.67. The Morgan fingerprint density at radius 2 is 2.05 bits per heavy atom. The van der Waals surface area contributed by atoms with E-state index in [9.17, 15) is 13.2 Å². The molecule has 2 fully saturated rings. The van der Waals surface area contributed by atoms with Crippen LogP contribution in [-0.4, -0.2) is 54.5 Å². The van der Waals surface area contributed by atoms with Crippen LogP contribution in [0.5, 0.6) is 0 Å². The van der Waals surface area contributed by atoms with Gasteiger partial charge in [-0.05, 0) is 18.1 Å². The summed E-state index contributed by atoms with van der Waals surface area (Å²) in [7, 11) is -3.03. The number of hydrogen-bond donors (Lipinski definition) is 2. The van der Waals surface area contributed by atoms with Crippen LogP contribution < -0.4 is 5.32 Å². The third kappa shape index (κ3) is 2.16. The van der Waals surface area contributed by atoms with Crippen molar-refractivity contribution in [3.63, 3.8) is 0 Å². The zero-order valence-electron chi connectivity index (χ0n) is 12.0. The Kier molecular flexibility index (Phi) is 2.94. The van der Waals surface area contributed by atoms with Crippen molar-refractivity contribution in [2.45, 2.75) is 18.5 Å². The number of sulfone groups is 1. The fourth-order valence-electron chi connectivity index (χ4n) is 3.51. The van der Waals surface area contributed by atoms with Crippen molar-refractivity contribution >= 4 is 26.8 Å².